The smallest absolute Gasteiger partial charge is 0.0703 e. The van der Waals surface area contributed by atoms with E-state index >= 15 is 0 Å². The number of nitrogens with one attached hydrogen (secondary N) is 1. The molecule has 112 valence electrons. The fraction of sp³-hybridized carbons (Fsp3) is 1.00. The van der Waals surface area contributed by atoms with Gasteiger partial charge in [-0.1, -0.05) is 34.6 Å². The fourth-order valence-electron chi connectivity index (χ4n) is 3.53. The minimum absolute atomic E-state index is 0.322. The Hall–Kier alpha value is -0.120. The Morgan fingerprint density at radius 3 is 2.42 bits per heavy atom. The molecule has 0 radical (unpaired) electrons. The lowest BCUT2D eigenvalue weighted by Gasteiger charge is -2.49. The molecule has 4 atom stereocenters. The molecule has 3 nitrogen and oxygen atoms in total. The molecule has 0 amide bonds. The van der Waals surface area contributed by atoms with Gasteiger partial charge in [-0.15, -0.1) is 0 Å². The standard InChI is InChI=1S/C16H32N2O/c1-11(2)14-9-17-15(16(4,5)6)10-18(14)13-7-8-19-12(13)3/h11-15,17H,7-10H2,1-6H3. The van der Waals surface area contributed by atoms with Gasteiger partial charge in [-0.25, -0.2) is 0 Å². The van der Waals surface area contributed by atoms with E-state index in [-0.39, 0.29) is 0 Å². The Morgan fingerprint density at radius 1 is 1.26 bits per heavy atom. The van der Waals surface area contributed by atoms with Gasteiger partial charge in [0.1, 0.15) is 0 Å². The molecule has 2 heterocycles. The van der Waals surface area contributed by atoms with Gasteiger partial charge in [0, 0.05) is 37.8 Å². The van der Waals surface area contributed by atoms with Crippen molar-refractivity contribution in [1.29, 1.82) is 0 Å². The largest absolute Gasteiger partial charge is 0.377 e. The second-order valence-electron chi connectivity index (χ2n) is 7.77. The normalized spacial score (nSPS) is 38.1. The molecule has 0 saturated carbocycles. The molecule has 2 saturated heterocycles. The highest BCUT2D eigenvalue weighted by atomic mass is 16.5. The van der Waals surface area contributed by atoms with Crippen LogP contribution in [0.4, 0.5) is 0 Å². The minimum atomic E-state index is 0.322. The summed E-state index contributed by atoms with van der Waals surface area (Å²) in [6.07, 6.45) is 1.58. The lowest BCUT2D eigenvalue weighted by molar-refractivity contribution is 0.000457. The van der Waals surface area contributed by atoms with Crippen molar-refractivity contribution >= 4 is 0 Å². The van der Waals surface area contributed by atoms with Gasteiger partial charge in [0.25, 0.3) is 0 Å². The Bertz CT molecular complexity index is 296. The van der Waals surface area contributed by atoms with Gasteiger partial charge in [-0.2, -0.15) is 0 Å². The molecule has 0 aliphatic carbocycles. The molecular weight excluding hydrogens is 236 g/mol. The average molecular weight is 268 g/mol. The highest BCUT2D eigenvalue weighted by Crippen LogP contribution is 2.30. The third-order valence-electron chi connectivity index (χ3n) is 4.97. The summed E-state index contributed by atoms with van der Waals surface area (Å²) in [5.74, 6) is 0.696. The summed E-state index contributed by atoms with van der Waals surface area (Å²) in [6.45, 7) is 17.2. The van der Waals surface area contributed by atoms with Crippen LogP contribution >= 0.6 is 0 Å². The summed E-state index contributed by atoms with van der Waals surface area (Å²) in [4.78, 5) is 2.74. The Kier molecular flexibility index (Phi) is 4.59. The van der Waals surface area contributed by atoms with Crippen LogP contribution in [0.15, 0.2) is 0 Å². The van der Waals surface area contributed by atoms with Crippen LogP contribution in [0.2, 0.25) is 0 Å². The van der Waals surface area contributed by atoms with Crippen LogP contribution in [0.3, 0.4) is 0 Å². The molecule has 2 fully saturated rings. The van der Waals surface area contributed by atoms with Crippen LogP contribution in [0.1, 0.15) is 48.0 Å². The highest BCUT2D eigenvalue weighted by Gasteiger charge is 2.41. The third kappa shape index (κ3) is 3.32. The molecule has 0 aromatic heterocycles. The van der Waals surface area contributed by atoms with E-state index in [0.717, 1.165) is 19.7 Å². The van der Waals surface area contributed by atoms with Crippen LogP contribution in [0.25, 0.3) is 0 Å². The molecule has 19 heavy (non-hydrogen) atoms. The number of rotatable bonds is 2. The van der Waals surface area contributed by atoms with Gasteiger partial charge >= 0.3 is 0 Å². The highest BCUT2D eigenvalue weighted by molar-refractivity contribution is 4.97. The monoisotopic (exact) mass is 268 g/mol. The van der Waals surface area contributed by atoms with Gasteiger partial charge in [0.15, 0.2) is 0 Å². The zero-order valence-electron chi connectivity index (χ0n) is 13.6. The molecular formula is C16H32N2O. The Morgan fingerprint density at radius 2 is 1.95 bits per heavy atom. The molecule has 2 rings (SSSR count). The molecule has 0 spiro atoms. The van der Waals surface area contributed by atoms with E-state index < -0.39 is 0 Å². The van der Waals surface area contributed by atoms with Gasteiger partial charge in [-0.05, 0) is 24.7 Å². The van der Waals surface area contributed by atoms with Crippen LogP contribution in [-0.2, 0) is 4.74 Å². The zero-order chi connectivity index (χ0) is 14.2. The van der Waals surface area contributed by atoms with Gasteiger partial charge in [0.2, 0.25) is 0 Å². The average Bonchev–Trinajstić information content (AvgIpc) is 2.73. The maximum Gasteiger partial charge on any atom is 0.0703 e. The molecule has 2 aliphatic rings. The predicted octanol–water partition coefficient (Wildman–Crippen LogP) is 2.51. The summed E-state index contributed by atoms with van der Waals surface area (Å²) in [6, 6.07) is 1.84. The van der Waals surface area contributed by atoms with Crippen molar-refractivity contribution in [2.24, 2.45) is 11.3 Å². The number of nitrogens with zero attached hydrogens (tertiary/aromatic N) is 1. The zero-order valence-corrected chi connectivity index (χ0v) is 13.6. The number of hydrogen-bond donors (Lipinski definition) is 1. The Balaban J connectivity index is 2.13. The van der Waals surface area contributed by atoms with E-state index in [1.54, 1.807) is 0 Å². The summed E-state index contributed by atoms with van der Waals surface area (Å²) in [5, 5.41) is 3.78. The van der Waals surface area contributed by atoms with Crippen molar-refractivity contribution in [3.05, 3.63) is 0 Å². The fourth-order valence-corrected chi connectivity index (χ4v) is 3.53. The van der Waals surface area contributed by atoms with E-state index in [2.05, 4.69) is 51.8 Å². The maximum absolute atomic E-state index is 5.81. The first-order chi connectivity index (χ1) is 8.80. The topological polar surface area (TPSA) is 24.5 Å². The molecule has 4 unspecified atom stereocenters. The number of ether oxygens (including phenoxy) is 1. The number of hydrogen-bond acceptors (Lipinski definition) is 3. The number of piperazine rings is 1. The molecule has 0 bridgehead atoms. The van der Waals surface area contributed by atoms with Crippen molar-refractivity contribution in [2.45, 2.75) is 72.2 Å². The maximum atomic E-state index is 5.81. The molecule has 3 heteroatoms. The molecule has 0 aromatic rings. The SMILES string of the molecule is CC(C)C1CNC(C(C)(C)C)CN1C1CCOC1C. The van der Waals surface area contributed by atoms with Gasteiger partial charge in [0.05, 0.1) is 6.10 Å². The van der Waals surface area contributed by atoms with E-state index in [9.17, 15) is 0 Å². The lowest BCUT2D eigenvalue weighted by atomic mass is 9.82. The molecule has 0 aromatic carbocycles. The van der Waals surface area contributed by atoms with Crippen LogP contribution in [0.5, 0.6) is 0 Å². The second kappa shape index (κ2) is 5.71. The lowest BCUT2D eigenvalue weighted by Crippen LogP contribution is -2.64. The van der Waals surface area contributed by atoms with E-state index in [1.165, 1.54) is 6.42 Å². The van der Waals surface area contributed by atoms with E-state index in [1.807, 2.05) is 0 Å². The van der Waals surface area contributed by atoms with Crippen molar-refractivity contribution in [2.75, 3.05) is 19.7 Å². The summed E-state index contributed by atoms with van der Waals surface area (Å²) >= 11 is 0. The predicted molar refractivity (Wildman–Crippen MR) is 80.4 cm³/mol. The first kappa shape index (κ1) is 15.3. The van der Waals surface area contributed by atoms with Crippen LogP contribution in [-0.4, -0.2) is 48.8 Å². The van der Waals surface area contributed by atoms with Gasteiger partial charge < -0.3 is 10.1 Å². The van der Waals surface area contributed by atoms with Crippen molar-refractivity contribution in [3.63, 3.8) is 0 Å². The van der Waals surface area contributed by atoms with Crippen molar-refractivity contribution in [1.82, 2.24) is 10.2 Å². The van der Waals surface area contributed by atoms with Gasteiger partial charge in [-0.3, -0.25) is 4.90 Å². The summed E-state index contributed by atoms with van der Waals surface area (Å²) in [7, 11) is 0. The van der Waals surface area contributed by atoms with E-state index in [0.29, 0.717) is 35.6 Å². The summed E-state index contributed by atoms with van der Waals surface area (Å²) in [5.41, 5.74) is 0.322. The quantitative estimate of drug-likeness (QED) is 0.833. The Labute approximate surface area is 119 Å². The second-order valence-corrected chi connectivity index (χ2v) is 7.77. The first-order valence-corrected chi connectivity index (χ1v) is 7.91. The first-order valence-electron chi connectivity index (χ1n) is 7.91. The van der Waals surface area contributed by atoms with Crippen LogP contribution in [0, 0.1) is 11.3 Å². The molecule has 1 N–H and O–H groups in total. The minimum Gasteiger partial charge on any atom is -0.377 e. The third-order valence-corrected chi connectivity index (χ3v) is 4.97. The van der Waals surface area contributed by atoms with E-state index in [4.69, 9.17) is 4.74 Å². The van der Waals surface area contributed by atoms with Crippen LogP contribution < -0.4 is 5.32 Å². The molecule has 2 aliphatic heterocycles. The summed E-state index contributed by atoms with van der Waals surface area (Å²) < 4.78 is 5.81. The van der Waals surface area contributed by atoms with Crippen molar-refractivity contribution < 1.29 is 4.74 Å². The van der Waals surface area contributed by atoms with Crippen molar-refractivity contribution in [3.8, 4) is 0 Å².